The molecule has 1 atom stereocenters. The summed E-state index contributed by atoms with van der Waals surface area (Å²) in [6, 6.07) is 7.47. The molecule has 0 aliphatic rings. The molecule has 4 nitrogen and oxygen atoms in total. The Balaban J connectivity index is 2.47. The number of hydrogen-bond acceptors (Lipinski definition) is 5. The molecule has 146 valence electrons. The summed E-state index contributed by atoms with van der Waals surface area (Å²) in [5, 5.41) is 5.48. The molecule has 27 heavy (non-hydrogen) atoms. The first-order valence-electron chi connectivity index (χ1n) is 8.46. The Kier molecular flexibility index (Phi) is 7.37. The van der Waals surface area contributed by atoms with Gasteiger partial charge in [-0.25, -0.2) is 0 Å². The number of thiophene rings is 1. The second kappa shape index (κ2) is 9.13. The number of carbonyl (C=O) groups is 2. The van der Waals surface area contributed by atoms with E-state index < -0.39 is 5.41 Å². The highest BCUT2D eigenvalue weighted by Gasteiger charge is 2.26. The fraction of sp³-hybridized carbons (Fsp3) is 0.400. The first-order valence-corrected chi connectivity index (χ1v) is 10.8. The predicted molar refractivity (Wildman–Crippen MR) is 115 cm³/mol. The first kappa shape index (κ1) is 21.8. The molecule has 1 unspecified atom stereocenters. The van der Waals surface area contributed by atoms with E-state index in [0.29, 0.717) is 10.7 Å². The Morgan fingerprint density at radius 3 is 2.56 bits per heavy atom. The summed E-state index contributed by atoms with van der Waals surface area (Å²) in [7, 11) is 1.38. The van der Waals surface area contributed by atoms with Gasteiger partial charge >= 0.3 is 5.97 Å². The van der Waals surface area contributed by atoms with E-state index in [4.69, 9.17) is 16.3 Å². The molecule has 1 N–H and O–H groups in total. The number of benzene rings is 1. The summed E-state index contributed by atoms with van der Waals surface area (Å²) >= 11 is 9.35. The Hall–Kier alpha value is -1.50. The number of hydrogen-bond donors (Lipinski definition) is 1. The summed E-state index contributed by atoms with van der Waals surface area (Å²) in [5.41, 5.74) is 2.19. The minimum Gasteiger partial charge on any atom is -0.468 e. The van der Waals surface area contributed by atoms with Crippen LogP contribution in [0, 0.1) is 12.3 Å². The number of thioether (sulfide) groups is 1. The molecule has 1 amide bonds. The van der Waals surface area contributed by atoms with Crippen LogP contribution in [0.1, 0.15) is 42.0 Å². The average Bonchev–Trinajstić information content (AvgIpc) is 3.02. The van der Waals surface area contributed by atoms with Gasteiger partial charge in [0.25, 0.3) is 0 Å². The fourth-order valence-corrected chi connectivity index (χ4v) is 4.95. The van der Waals surface area contributed by atoms with Crippen molar-refractivity contribution in [2.75, 3.05) is 18.2 Å². The predicted octanol–water partition coefficient (Wildman–Crippen LogP) is 5.69. The SMILES string of the molecule is COC(=O)CSC(c1cc(Cl)ccc1NC(=O)C(C)(C)C)c1sccc1C. The zero-order valence-corrected chi connectivity index (χ0v) is 18.5. The van der Waals surface area contributed by atoms with E-state index in [1.54, 1.807) is 17.4 Å². The van der Waals surface area contributed by atoms with Gasteiger partial charge in [0.15, 0.2) is 0 Å². The number of anilines is 1. The molecule has 0 aliphatic heterocycles. The summed E-state index contributed by atoms with van der Waals surface area (Å²) in [6.45, 7) is 7.63. The van der Waals surface area contributed by atoms with Gasteiger partial charge < -0.3 is 10.1 Å². The molecule has 1 aromatic carbocycles. The largest absolute Gasteiger partial charge is 0.468 e. The highest BCUT2D eigenvalue weighted by Crippen LogP contribution is 2.44. The molecule has 0 saturated heterocycles. The zero-order valence-electron chi connectivity index (χ0n) is 16.1. The van der Waals surface area contributed by atoms with Gasteiger partial charge in [0.05, 0.1) is 18.1 Å². The lowest BCUT2D eigenvalue weighted by molar-refractivity contribution is -0.137. The maximum Gasteiger partial charge on any atom is 0.315 e. The molecule has 2 rings (SSSR count). The normalized spacial score (nSPS) is 12.5. The Labute approximate surface area is 173 Å². The number of methoxy groups -OCH3 is 1. The van der Waals surface area contributed by atoms with Crippen LogP contribution in [0.25, 0.3) is 0 Å². The number of carbonyl (C=O) groups excluding carboxylic acids is 2. The van der Waals surface area contributed by atoms with Gasteiger partial charge in [-0.05, 0) is 47.7 Å². The number of nitrogens with one attached hydrogen (secondary N) is 1. The van der Waals surface area contributed by atoms with Crippen molar-refractivity contribution in [2.45, 2.75) is 32.9 Å². The van der Waals surface area contributed by atoms with E-state index in [-0.39, 0.29) is 22.9 Å². The molecule has 1 aromatic heterocycles. The van der Waals surface area contributed by atoms with E-state index >= 15 is 0 Å². The van der Waals surface area contributed by atoms with Gasteiger partial charge in [-0.15, -0.1) is 23.1 Å². The van der Waals surface area contributed by atoms with E-state index in [0.717, 1.165) is 16.0 Å². The number of amides is 1. The van der Waals surface area contributed by atoms with Crippen LogP contribution in [-0.4, -0.2) is 24.7 Å². The van der Waals surface area contributed by atoms with E-state index in [1.807, 2.05) is 51.3 Å². The molecule has 7 heteroatoms. The molecule has 0 radical (unpaired) electrons. The molecule has 0 fully saturated rings. The van der Waals surface area contributed by atoms with Gasteiger partial charge in [-0.1, -0.05) is 32.4 Å². The minimum absolute atomic E-state index is 0.0781. The Morgan fingerprint density at radius 2 is 2.00 bits per heavy atom. The maximum atomic E-state index is 12.5. The molecule has 0 saturated carbocycles. The number of halogens is 1. The van der Waals surface area contributed by atoms with Crippen molar-refractivity contribution in [3.63, 3.8) is 0 Å². The van der Waals surface area contributed by atoms with Crippen LogP contribution >= 0.6 is 34.7 Å². The molecule has 1 heterocycles. The van der Waals surface area contributed by atoms with Crippen LogP contribution in [-0.2, 0) is 14.3 Å². The second-order valence-electron chi connectivity index (χ2n) is 7.17. The maximum absolute atomic E-state index is 12.5. The highest BCUT2D eigenvalue weighted by atomic mass is 35.5. The van der Waals surface area contributed by atoms with Gasteiger partial charge in [-0.2, -0.15) is 0 Å². The fourth-order valence-electron chi connectivity index (χ4n) is 2.34. The van der Waals surface area contributed by atoms with Gasteiger partial charge in [0.1, 0.15) is 0 Å². The summed E-state index contributed by atoms with van der Waals surface area (Å²) < 4.78 is 4.80. The van der Waals surface area contributed by atoms with E-state index in [9.17, 15) is 9.59 Å². The molecular weight excluding hydrogens is 402 g/mol. The number of aryl methyl sites for hydroxylation is 1. The highest BCUT2D eigenvalue weighted by molar-refractivity contribution is 8.00. The van der Waals surface area contributed by atoms with Crippen LogP contribution in [0.3, 0.4) is 0 Å². The van der Waals surface area contributed by atoms with Crippen LogP contribution in [0.15, 0.2) is 29.6 Å². The Bertz CT molecular complexity index is 827. The monoisotopic (exact) mass is 425 g/mol. The third-order valence-corrected chi connectivity index (χ3v) is 6.65. The van der Waals surface area contributed by atoms with Crippen LogP contribution in [0.4, 0.5) is 5.69 Å². The molecular formula is C20H24ClNO3S2. The van der Waals surface area contributed by atoms with Crippen molar-refractivity contribution in [2.24, 2.45) is 5.41 Å². The quantitative estimate of drug-likeness (QED) is 0.604. The van der Waals surface area contributed by atoms with Crippen LogP contribution in [0.5, 0.6) is 0 Å². The summed E-state index contributed by atoms with van der Waals surface area (Å²) in [6.07, 6.45) is 0. The smallest absolute Gasteiger partial charge is 0.315 e. The summed E-state index contributed by atoms with van der Waals surface area (Å²) in [5.74, 6) is -0.162. The van der Waals surface area contributed by atoms with Crippen molar-refractivity contribution >= 4 is 52.3 Å². The molecule has 2 aromatic rings. The topological polar surface area (TPSA) is 55.4 Å². The van der Waals surface area contributed by atoms with Crippen molar-refractivity contribution in [3.05, 3.63) is 50.7 Å². The van der Waals surface area contributed by atoms with Crippen LogP contribution in [0.2, 0.25) is 5.02 Å². The lowest BCUT2D eigenvalue weighted by Crippen LogP contribution is -2.28. The number of rotatable bonds is 6. The van der Waals surface area contributed by atoms with Crippen molar-refractivity contribution in [1.29, 1.82) is 0 Å². The van der Waals surface area contributed by atoms with Gasteiger partial charge in [0, 0.05) is 21.0 Å². The first-order chi connectivity index (χ1) is 12.6. The average molecular weight is 426 g/mol. The molecule has 0 spiro atoms. The van der Waals surface area contributed by atoms with Gasteiger partial charge in [-0.3, -0.25) is 9.59 Å². The van der Waals surface area contributed by atoms with Crippen molar-refractivity contribution in [1.82, 2.24) is 0 Å². The molecule has 0 bridgehead atoms. The number of esters is 1. The molecule has 0 aliphatic carbocycles. The van der Waals surface area contributed by atoms with E-state index in [1.165, 1.54) is 18.9 Å². The minimum atomic E-state index is -0.523. The zero-order chi connectivity index (χ0) is 20.2. The summed E-state index contributed by atoms with van der Waals surface area (Å²) in [4.78, 5) is 25.4. The van der Waals surface area contributed by atoms with Gasteiger partial charge in [0.2, 0.25) is 5.91 Å². The third kappa shape index (κ3) is 5.74. The number of ether oxygens (including phenoxy) is 1. The lowest BCUT2D eigenvalue weighted by atomic mass is 9.95. The van der Waals surface area contributed by atoms with E-state index in [2.05, 4.69) is 5.32 Å². The van der Waals surface area contributed by atoms with Crippen molar-refractivity contribution in [3.8, 4) is 0 Å². The lowest BCUT2D eigenvalue weighted by Gasteiger charge is -2.23. The van der Waals surface area contributed by atoms with Crippen LogP contribution < -0.4 is 5.32 Å². The third-order valence-electron chi connectivity index (χ3n) is 3.96. The van der Waals surface area contributed by atoms with Crippen molar-refractivity contribution < 1.29 is 14.3 Å². The Morgan fingerprint density at radius 1 is 1.30 bits per heavy atom. The standard InChI is InChI=1S/C20H24ClNO3S2/c1-12-8-9-26-17(12)18(27-11-16(23)25-5)14-10-13(21)6-7-15(14)22-19(24)20(2,3)4/h6-10,18H,11H2,1-5H3,(H,22,24). The second-order valence-corrected chi connectivity index (χ2v) is 9.65.